The van der Waals surface area contributed by atoms with Crippen LogP contribution in [0.1, 0.15) is 5.56 Å². The van der Waals surface area contributed by atoms with Crippen LogP contribution in [0.3, 0.4) is 0 Å². The normalized spacial score (nSPS) is 15.7. The minimum atomic E-state index is -0.490. The maximum absolute atomic E-state index is 12.4. The van der Waals surface area contributed by atoms with Crippen LogP contribution >= 0.6 is 27.7 Å². The lowest BCUT2D eigenvalue weighted by Gasteiger charge is -2.12. The predicted molar refractivity (Wildman–Crippen MR) is 119 cm³/mol. The maximum Gasteiger partial charge on any atom is 0.269 e. The third-order valence-corrected chi connectivity index (χ3v) is 5.16. The van der Waals surface area contributed by atoms with Crippen molar-refractivity contribution in [2.24, 2.45) is 4.99 Å². The summed E-state index contributed by atoms with van der Waals surface area (Å²) in [6, 6.07) is 9.22. The number of halogens is 1. The standard InChI is InChI=1S/C20H14BrN3O5S/c1-3-8-29-18-12(9-13(21)11-16(18)28-2)10-17-19(25)23-20(30-17)22-14-4-6-15(7-5-14)24(26)27/h1,4-7,9-11H,8H2,2H3,(H,22,23,25)/b17-10-. The van der Waals surface area contributed by atoms with E-state index in [-0.39, 0.29) is 18.2 Å². The van der Waals surface area contributed by atoms with Gasteiger partial charge in [-0.2, -0.15) is 0 Å². The lowest BCUT2D eigenvalue weighted by molar-refractivity contribution is -0.384. The number of amidine groups is 1. The van der Waals surface area contributed by atoms with Crippen molar-refractivity contribution in [2.75, 3.05) is 13.7 Å². The molecule has 0 unspecified atom stereocenters. The number of benzene rings is 2. The molecule has 0 spiro atoms. The number of non-ortho nitro benzene ring substituents is 1. The largest absolute Gasteiger partial charge is 0.493 e. The molecule has 1 N–H and O–H groups in total. The van der Waals surface area contributed by atoms with Crippen LogP contribution in [-0.4, -0.2) is 29.7 Å². The molecule has 8 nitrogen and oxygen atoms in total. The van der Waals surface area contributed by atoms with Gasteiger partial charge in [-0.1, -0.05) is 21.9 Å². The van der Waals surface area contributed by atoms with E-state index < -0.39 is 4.92 Å². The zero-order valence-corrected chi connectivity index (χ0v) is 18.0. The number of nitrogens with zero attached hydrogens (tertiary/aromatic N) is 2. The minimum absolute atomic E-state index is 0.0363. The van der Waals surface area contributed by atoms with Crippen molar-refractivity contribution < 1.29 is 19.2 Å². The molecule has 1 amide bonds. The van der Waals surface area contributed by atoms with Crippen LogP contribution in [0.2, 0.25) is 0 Å². The Labute approximate surface area is 184 Å². The fourth-order valence-corrected chi connectivity index (χ4v) is 3.79. The first-order chi connectivity index (χ1) is 14.4. The molecule has 0 saturated carbocycles. The lowest BCUT2D eigenvalue weighted by atomic mass is 10.1. The SMILES string of the molecule is C#CCOc1c(/C=C2\SC(=Nc3ccc([N+](=O)[O-])cc3)NC2=O)cc(Br)cc1OC. The van der Waals surface area contributed by atoms with E-state index in [0.29, 0.717) is 32.8 Å². The molecular weight excluding hydrogens is 474 g/mol. The molecule has 0 aliphatic carbocycles. The summed E-state index contributed by atoms with van der Waals surface area (Å²) >= 11 is 4.54. The molecule has 1 heterocycles. The third kappa shape index (κ3) is 5.00. The minimum Gasteiger partial charge on any atom is -0.493 e. The predicted octanol–water partition coefficient (Wildman–Crippen LogP) is 4.27. The molecule has 3 rings (SSSR count). The molecule has 0 aromatic heterocycles. The number of hydrogen-bond donors (Lipinski definition) is 1. The summed E-state index contributed by atoms with van der Waals surface area (Å²) in [4.78, 5) is 27.4. The Hall–Kier alpha value is -3.29. The Kier molecular flexibility index (Phi) is 6.76. The number of nitrogens with one attached hydrogen (secondary N) is 1. The van der Waals surface area contributed by atoms with Crippen LogP contribution in [0, 0.1) is 22.5 Å². The van der Waals surface area contributed by atoms with Crippen LogP contribution in [0.25, 0.3) is 6.08 Å². The quantitative estimate of drug-likeness (QED) is 0.282. The fraction of sp³-hybridized carbons (Fsp3) is 0.100. The zero-order valence-electron chi connectivity index (χ0n) is 15.5. The average Bonchev–Trinajstić information content (AvgIpc) is 3.05. The van der Waals surface area contributed by atoms with E-state index in [1.807, 2.05) is 0 Å². The van der Waals surface area contributed by atoms with Crippen molar-refractivity contribution in [3.05, 3.63) is 61.5 Å². The van der Waals surface area contributed by atoms with Crippen molar-refractivity contribution in [1.82, 2.24) is 5.32 Å². The van der Waals surface area contributed by atoms with E-state index in [1.165, 1.54) is 31.4 Å². The van der Waals surface area contributed by atoms with Crippen molar-refractivity contribution in [1.29, 1.82) is 0 Å². The Bertz CT molecular complexity index is 1110. The summed E-state index contributed by atoms with van der Waals surface area (Å²) in [5.74, 6) is 2.95. The fourth-order valence-electron chi connectivity index (χ4n) is 2.50. The Morgan fingerprint density at radius 1 is 1.37 bits per heavy atom. The highest BCUT2D eigenvalue weighted by Crippen LogP contribution is 2.38. The maximum atomic E-state index is 12.4. The zero-order chi connectivity index (χ0) is 21.7. The van der Waals surface area contributed by atoms with Gasteiger partial charge >= 0.3 is 0 Å². The van der Waals surface area contributed by atoms with E-state index in [4.69, 9.17) is 15.9 Å². The second kappa shape index (κ2) is 9.47. The number of thioether (sulfide) groups is 1. The number of rotatable bonds is 6. The molecule has 30 heavy (non-hydrogen) atoms. The number of carbonyl (C=O) groups is 1. The lowest BCUT2D eigenvalue weighted by Crippen LogP contribution is -2.19. The number of methoxy groups -OCH3 is 1. The topological polar surface area (TPSA) is 103 Å². The van der Waals surface area contributed by atoms with Gasteiger partial charge in [0.1, 0.15) is 6.61 Å². The monoisotopic (exact) mass is 487 g/mol. The number of aliphatic imine (C=N–C) groups is 1. The van der Waals surface area contributed by atoms with E-state index in [9.17, 15) is 14.9 Å². The van der Waals surface area contributed by atoms with Crippen LogP contribution in [0.15, 0.2) is 50.8 Å². The summed E-state index contributed by atoms with van der Waals surface area (Å²) in [6.07, 6.45) is 6.94. The van der Waals surface area contributed by atoms with Gasteiger partial charge in [-0.05, 0) is 42.1 Å². The number of amides is 1. The Balaban J connectivity index is 1.90. The molecule has 1 aliphatic heterocycles. The molecule has 1 saturated heterocycles. The summed E-state index contributed by atoms with van der Waals surface area (Å²) < 4.78 is 11.7. The van der Waals surface area contributed by atoms with Gasteiger partial charge in [0.15, 0.2) is 16.7 Å². The molecule has 10 heteroatoms. The highest BCUT2D eigenvalue weighted by atomic mass is 79.9. The van der Waals surface area contributed by atoms with Crippen LogP contribution in [0.4, 0.5) is 11.4 Å². The van der Waals surface area contributed by atoms with E-state index in [2.05, 4.69) is 32.2 Å². The summed E-state index contributed by atoms with van der Waals surface area (Å²) in [5, 5.41) is 13.8. The van der Waals surface area contributed by atoms with Crippen molar-refractivity contribution in [2.45, 2.75) is 0 Å². The molecule has 1 aliphatic rings. The average molecular weight is 488 g/mol. The van der Waals surface area contributed by atoms with E-state index in [0.717, 1.165) is 16.2 Å². The summed E-state index contributed by atoms with van der Waals surface area (Å²) in [5.41, 5.74) is 1.04. The molecule has 1 fully saturated rings. The molecule has 2 aromatic carbocycles. The third-order valence-electron chi connectivity index (χ3n) is 3.80. The Morgan fingerprint density at radius 2 is 2.10 bits per heavy atom. The van der Waals surface area contributed by atoms with Crippen molar-refractivity contribution in [3.8, 4) is 23.8 Å². The second-order valence-corrected chi connectivity index (χ2v) is 7.72. The van der Waals surface area contributed by atoms with Crippen molar-refractivity contribution >= 4 is 56.2 Å². The highest BCUT2D eigenvalue weighted by Gasteiger charge is 2.25. The molecule has 152 valence electrons. The van der Waals surface area contributed by atoms with Crippen LogP contribution in [-0.2, 0) is 4.79 Å². The van der Waals surface area contributed by atoms with E-state index >= 15 is 0 Å². The highest BCUT2D eigenvalue weighted by molar-refractivity contribution is 9.10. The number of terminal acetylenes is 1. The Morgan fingerprint density at radius 3 is 2.73 bits per heavy atom. The molecular formula is C20H14BrN3O5S. The van der Waals surface area contributed by atoms with Crippen LogP contribution in [0.5, 0.6) is 11.5 Å². The van der Waals surface area contributed by atoms with Crippen LogP contribution < -0.4 is 14.8 Å². The summed E-state index contributed by atoms with van der Waals surface area (Å²) in [7, 11) is 1.51. The van der Waals surface area contributed by atoms with Gasteiger partial charge in [0.25, 0.3) is 11.6 Å². The number of nitro benzene ring substituents is 1. The van der Waals surface area contributed by atoms with Gasteiger partial charge in [-0.15, -0.1) is 6.42 Å². The number of hydrogen-bond acceptors (Lipinski definition) is 7. The number of nitro groups is 1. The van der Waals surface area contributed by atoms with Gasteiger partial charge in [0.2, 0.25) is 0 Å². The van der Waals surface area contributed by atoms with E-state index in [1.54, 1.807) is 18.2 Å². The van der Waals surface area contributed by atoms with Crippen molar-refractivity contribution in [3.63, 3.8) is 0 Å². The first kappa shape index (κ1) is 21.4. The van der Waals surface area contributed by atoms with Gasteiger partial charge in [-0.3, -0.25) is 14.9 Å². The molecule has 0 radical (unpaired) electrons. The summed E-state index contributed by atoms with van der Waals surface area (Å²) in [6.45, 7) is 0.0420. The molecule has 0 atom stereocenters. The number of ether oxygens (including phenoxy) is 2. The smallest absolute Gasteiger partial charge is 0.269 e. The van der Waals surface area contributed by atoms with Gasteiger partial charge < -0.3 is 14.8 Å². The second-order valence-electron chi connectivity index (χ2n) is 5.77. The first-order valence-corrected chi connectivity index (χ1v) is 10.00. The number of carbonyl (C=O) groups excluding carboxylic acids is 1. The van der Waals surface area contributed by atoms with Gasteiger partial charge in [0, 0.05) is 22.2 Å². The van der Waals surface area contributed by atoms with Gasteiger partial charge in [0.05, 0.1) is 22.6 Å². The molecule has 0 bridgehead atoms. The van der Waals surface area contributed by atoms with Gasteiger partial charge in [-0.25, -0.2) is 4.99 Å². The first-order valence-electron chi connectivity index (χ1n) is 8.39. The molecule has 2 aromatic rings.